The van der Waals surface area contributed by atoms with E-state index in [1.54, 1.807) is 0 Å². The number of hydrogen-bond acceptors (Lipinski definition) is 5. The SMILES string of the molecule is CCCCCCCCCCCCCCCCCCCCCCCCCCC(O)C(CO)NC(=O)CCCCCCCCCCCCCCCCCCCCCCCCCCCCCCCCCCCCCCCOC(=O)CCCCCCCCCCCCCCCCCCC. The fourth-order valence-corrected chi connectivity index (χ4v) is 14.9. The number of aliphatic hydroxyl groups is 2. The number of esters is 1. The van der Waals surface area contributed by atoms with E-state index in [2.05, 4.69) is 19.2 Å². The Hall–Kier alpha value is -1.14. The van der Waals surface area contributed by atoms with Gasteiger partial charge in [-0.3, -0.25) is 9.59 Å². The van der Waals surface area contributed by atoms with Gasteiger partial charge in [0.1, 0.15) is 0 Å². The zero-order valence-electron chi connectivity index (χ0n) is 65.5. The van der Waals surface area contributed by atoms with Gasteiger partial charge >= 0.3 is 5.97 Å². The van der Waals surface area contributed by atoms with Gasteiger partial charge in [-0.15, -0.1) is 0 Å². The van der Waals surface area contributed by atoms with E-state index >= 15 is 0 Å². The van der Waals surface area contributed by atoms with Gasteiger partial charge in [0.25, 0.3) is 0 Å². The number of ether oxygens (including phenoxy) is 1. The molecule has 568 valence electrons. The third kappa shape index (κ3) is 81.7. The second-order valence-electron chi connectivity index (χ2n) is 31.3. The highest BCUT2D eigenvalue weighted by Gasteiger charge is 2.20. The van der Waals surface area contributed by atoms with Crippen LogP contribution in [0.4, 0.5) is 0 Å². The second kappa shape index (κ2) is 85.3. The Morgan fingerprint density at radius 1 is 0.253 bits per heavy atom. The third-order valence-electron chi connectivity index (χ3n) is 21.7. The molecular formula is C89H177NO5. The van der Waals surface area contributed by atoms with E-state index in [1.165, 1.54) is 462 Å². The summed E-state index contributed by atoms with van der Waals surface area (Å²) >= 11 is 0. The predicted molar refractivity (Wildman–Crippen MR) is 421 cm³/mol. The second-order valence-corrected chi connectivity index (χ2v) is 31.3. The van der Waals surface area contributed by atoms with Crippen LogP contribution < -0.4 is 5.32 Å². The number of unbranched alkanes of at least 4 members (excludes halogenated alkanes) is 75. The van der Waals surface area contributed by atoms with Crippen molar-refractivity contribution in [2.24, 2.45) is 0 Å². The number of aliphatic hydroxyl groups excluding tert-OH is 2. The molecular weight excluding hydrogens is 1160 g/mol. The fraction of sp³-hybridized carbons (Fsp3) is 0.978. The molecule has 0 bridgehead atoms. The molecule has 3 N–H and O–H groups in total. The van der Waals surface area contributed by atoms with Gasteiger partial charge in [-0.05, 0) is 25.7 Å². The lowest BCUT2D eigenvalue weighted by molar-refractivity contribution is -0.143. The predicted octanol–water partition coefficient (Wildman–Crippen LogP) is 30.0. The Labute approximate surface area is 597 Å². The highest BCUT2D eigenvalue weighted by Crippen LogP contribution is 2.22. The average Bonchev–Trinajstić information content (AvgIpc) is 3.54. The molecule has 2 atom stereocenters. The molecule has 6 nitrogen and oxygen atoms in total. The molecule has 0 saturated carbocycles. The maximum absolute atomic E-state index is 12.6. The van der Waals surface area contributed by atoms with Gasteiger partial charge in [0.2, 0.25) is 5.91 Å². The molecule has 0 aromatic carbocycles. The van der Waals surface area contributed by atoms with Crippen LogP contribution in [0.25, 0.3) is 0 Å². The molecule has 0 radical (unpaired) electrons. The number of carbonyl (C=O) groups is 2. The fourth-order valence-electron chi connectivity index (χ4n) is 14.9. The minimum Gasteiger partial charge on any atom is -0.466 e. The maximum Gasteiger partial charge on any atom is 0.305 e. The Bertz CT molecular complexity index is 1410. The molecule has 1 amide bonds. The minimum absolute atomic E-state index is 0.0220. The summed E-state index contributed by atoms with van der Waals surface area (Å²) in [5.74, 6) is 0.00710. The third-order valence-corrected chi connectivity index (χ3v) is 21.7. The van der Waals surface area contributed by atoms with Gasteiger partial charge in [0.05, 0.1) is 25.4 Å². The van der Waals surface area contributed by atoms with Gasteiger partial charge in [-0.25, -0.2) is 0 Å². The number of nitrogens with one attached hydrogen (secondary N) is 1. The summed E-state index contributed by atoms with van der Waals surface area (Å²) in [6.07, 6.45) is 108. The molecule has 0 saturated heterocycles. The standard InChI is InChI=1S/C89H177NO5/c1-3-5-7-9-11-13-15-17-19-21-22-23-24-40-43-46-50-53-57-61-65-69-73-77-81-87(92)86(85-91)90-88(93)82-78-74-70-66-62-58-54-51-47-44-41-38-36-34-32-30-28-26-25-27-29-31-33-35-37-39-42-45-48-52-56-60-64-68-72-76-80-84-95-89(94)83-79-75-71-67-63-59-55-49-20-18-16-14-12-10-8-6-4-2/h86-87,91-92H,3-85H2,1-2H3,(H,90,93). The number of carbonyl (C=O) groups excluding carboxylic acids is 2. The van der Waals surface area contributed by atoms with Crippen LogP contribution in [0.5, 0.6) is 0 Å². The van der Waals surface area contributed by atoms with E-state index in [-0.39, 0.29) is 18.5 Å². The Balaban J connectivity index is 3.29. The van der Waals surface area contributed by atoms with Gasteiger partial charge in [0.15, 0.2) is 0 Å². The molecule has 0 fully saturated rings. The van der Waals surface area contributed by atoms with Gasteiger partial charge in [0, 0.05) is 12.8 Å². The molecule has 0 aliphatic carbocycles. The summed E-state index contributed by atoms with van der Waals surface area (Å²) in [4.78, 5) is 24.7. The summed E-state index contributed by atoms with van der Waals surface area (Å²) in [6.45, 7) is 5.03. The smallest absolute Gasteiger partial charge is 0.305 e. The van der Waals surface area contributed by atoms with Gasteiger partial charge in [-0.1, -0.05) is 495 Å². The van der Waals surface area contributed by atoms with Crippen LogP contribution in [0.3, 0.4) is 0 Å². The Morgan fingerprint density at radius 2 is 0.432 bits per heavy atom. The zero-order chi connectivity index (χ0) is 68.4. The van der Waals surface area contributed by atoms with E-state index in [9.17, 15) is 19.8 Å². The molecule has 0 aromatic rings. The van der Waals surface area contributed by atoms with Gasteiger partial charge in [-0.2, -0.15) is 0 Å². The highest BCUT2D eigenvalue weighted by molar-refractivity contribution is 5.76. The van der Waals surface area contributed by atoms with Crippen LogP contribution in [0.2, 0.25) is 0 Å². The summed E-state index contributed by atoms with van der Waals surface area (Å²) < 4.78 is 5.52. The molecule has 0 heterocycles. The minimum atomic E-state index is -0.661. The first-order valence-corrected chi connectivity index (χ1v) is 44.8. The van der Waals surface area contributed by atoms with Crippen molar-refractivity contribution in [3.63, 3.8) is 0 Å². The topological polar surface area (TPSA) is 95.9 Å². The highest BCUT2D eigenvalue weighted by atomic mass is 16.5. The maximum atomic E-state index is 12.6. The van der Waals surface area contributed by atoms with Crippen molar-refractivity contribution in [3.8, 4) is 0 Å². The summed E-state index contributed by atoms with van der Waals surface area (Å²) in [6, 6.07) is -0.538. The van der Waals surface area contributed by atoms with Gasteiger partial charge < -0.3 is 20.3 Å². The van der Waals surface area contributed by atoms with Crippen LogP contribution in [-0.4, -0.2) is 47.4 Å². The van der Waals surface area contributed by atoms with Crippen LogP contribution in [0, 0.1) is 0 Å². The quantitative estimate of drug-likeness (QED) is 0.0417. The van der Waals surface area contributed by atoms with Crippen molar-refractivity contribution >= 4 is 11.9 Å². The lowest BCUT2D eigenvalue weighted by Gasteiger charge is -2.22. The van der Waals surface area contributed by atoms with Crippen molar-refractivity contribution in [1.29, 1.82) is 0 Å². The van der Waals surface area contributed by atoms with Crippen LogP contribution in [0.1, 0.15) is 534 Å². The molecule has 0 aliphatic rings. The monoisotopic (exact) mass is 1340 g/mol. The molecule has 2 unspecified atom stereocenters. The van der Waals surface area contributed by atoms with Crippen molar-refractivity contribution in [2.75, 3.05) is 13.2 Å². The van der Waals surface area contributed by atoms with E-state index < -0.39 is 12.1 Å². The number of hydrogen-bond donors (Lipinski definition) is 3. The number of rotatable bonds is 86. The first kappa shape index (κ1) is 93.9. The Morgan fingerprint density at radius 3 is 0.642 bits per heavy atom. The lowest BCUT2D eigenvalue weighted by atomic mass is 10.0. The van der Waals surface area contributed by atoms with Crippen molar-refractivity contribution < 1.29 is 24.5 Å². The van der Waals surface area contributed by atoms with Crippen molar-refractivity contribution in [1.82, 2.24) is 5.32 Å². The van der Waals surface area contributed by atoms with E-state index in [0.29, 0.717) is 25.9 Å². The molecule has 0 rings (SSSR count). The first-order chi connectivity index (χ1) is 47.0. The molecule has 0 spiro atoms. The Kier molecular flexibility index (Phi) is 84.2. The van der Waals surface area contributed by atoms with Crippen LogP contribution in [0.15, 0.2) is 0 Å². The molecule has 6 heteroatoms. The zero-order valence-corrected chi connectivity index (χ0v) is 65.5. The van der Waals surface area contributed by atoms with Crippen molar-refractivity contribution in [2.45, 2.75) is 546 Å². The summed E-state index contributed by atoms with van der Waals surface area (Å²) in [7, 11) is 0. The lowest BCUT2D eigenvalue weighted by Crippen LogP contribution is -2.45. The van der Waals surface area contributed by atoms with Crippen LogP contribution in [-0.2, 0) is 14.3 Å². The molecule has 95 heavy (non-hydrogen) atoms. The van der Waals surface area contributed by atoms with E-state index in [1.807, 2.05) is 0 Å². The van der Waals surface area contributed by atoms with Crippen molar-refractivity contribution in [3.05, 3.63) is 0 Å². The van der Waals surface area contributed by atoms with Crippen LogP contribution >= 0.6 is 0 Å². The molecule has 0 aromatic heterocycles. The summed E-state index contributed by atoms with van der Waals surface area (Å²) in [5, 5.41) is 23.5. The largest absolute Gasteiger partial charge is 0.466 e. The number of amides is 1. The van der Waals surface area contributed by atoms with E-state index in [4.69, 9.17) is 4.74 Å². The first-order valence-electron chi connectivity index (χ1n) is 44.8. The summed E-state index contributed by atoms with van der Waals surface area (Å²) in [5.41, 5.74) is 0. The average molecular weight is 1340 g/mol. The van der Waals surface area contributed by atoms with E-state index in [0.717, 1.165) is 38.5 Å². The molecule has 0 aliphatic heterocycles. The normalized spacial score (nSPS) is 12.3.